The summed E-state index contributed by atoms with van der Waals surface area (Å²) in [6, 6.07) is 12.1. The van der Waals surface area contributed by atoms with E-state index in [0.29, 0.717) is 11.7 Å². The number of nitrogens with one attached hydrogen (secondary N) is 1. The van der Waals surface area contributed by atoms with Crippen molar-refractivity contribution in [2.75, 3.05) is 11.9 Å². The average Bonchev–Trinajstić information content (AvgIpc) is 3.45. The van der Waals surface area contributed by atoms with Crippen molar-refractivity contribution in [3.63, 3.8) is 0 Å². The first-order chi connectivity index (χ1) is 13.7. The van der Waals surface area contributed by atoms with E-state index in [1.54, 1.807) is 18.7 Å². The molecule has 1 saturated carbocycles. The first-order valence-corrected chi connectivity index (χ1v) is 9.68. The lowest BCUT2D eigenvalue weighted by atomic mass is 10.0. The maximum absolute atomic E-state index is 13.3. The summed E-state index contributed by atoms with van der Waals surface area (Å²) in [5, 5.41) is 3.48. The Morgan fingerprint density at radius 2 is 2.00 bits per heavy atom. The van der Waals surface area contributed by atoms with Crippen LogP contribution in [-0.4, -0.2) is 39.4 Å². The van der Waals surface area contributed by atoms with Crippen molar-refractivity contribution >= 4 is 11.7 Å². The monoisotopic (exact) mass is 374 g/mol. The molecule has 1 aliphatic heterocycles. The summed E-state index contributed by atoms with van der Waals surface area (Å²) in [6.07, 6.45) is 7.18. The zero-order chi connectivity index (χ0) is 19.1. The molecule has 1 aliphatic carbocycles. The number of aryl methyl sites for hydroxylation is 1. The summed E-state index contributed by atoms with van der Waals surface area (Å²) in [5.74, 6) is 1.67. The molecule has 1 N–H and O–H groups in total. The lowest BCUT2D eigenvalue weighted by Gasteiger charge is -2.33. The van der Waals surface area contributed by atoms with E-state index >= 15 is 0 Å². The quantitative estimate of drug-likeness (QED) is 0.753. The van der Waals surface area contributed by atoms with Crippen LogP contribution in [0.4, 0.5) is 5.82 Å². The first kappa shape index (κ1) is 17.0. The van der Waals surface area contributed by atoms with Gasteiger partial charge in [-0.15, -0.1) is 0 Å². The fourth-order valence-corrected chi connectivity index (χ4v) is 4.52. The number of fused-ring (bicyclic) bond motifs is 2. The highest BCUT2D eigenvalue weighted by molar-refractivity contribution is 5.98. The van der Waals surface area contributed by atoms with Gasteiger partial charge in [0.05, 0.1) is 30.4 Å². The molecule has 1 aromatic carbocycles. The largest absolute Gasteiger partial charge is 0.459 e. The highest BCUT2D eigenvalue weighted by Crippen LogP contribution is 2.40. The molecule has 2 aromatic heterocycles. The van der Waals surface area contributed by atoms with Crippen molar-refractivity contribution in [1.29, 1.82) is 0 Å². The second-order valence-electron chi connectivity index (χ2n) is 7.69. The zero-order valence-corrected chi connectivity index (χ0v) is 15.7. The minimum Gasteiger partial charge on any atom is -0.459 e. The molecule has 1 amide bonds. The van der Waals surface area contributed by atoms with E-state index in [-0.39, 0.29) is 18.0 Å². The number of amides is 1. The van der Waals surface area contributed by atoms with Crippen molar-refractivity contribution in [2.24, 2.45) is 5.92 Å². The molecule has 1 saturated heterocycles. The average molecular weight is 374 g/mol. The molecule has 142 valence electrons. The number of nitrogens with zero attached hydrogens (tertiary/aromatic N) is 3. The molecule has 28 heavy (non-hydrogen) atoms. The number of aromatic nitrogens is 2. The molecular formula is C22H22N4O2. The minimum atomic E-state index is -0.0298. The number of piperidine rings is 1. The highest BCUT2D eigenvalue weighted by atomic mass is 16.3. The maximum Gasteiger partial charge on any atom is 0.290 e. The Hall–Kier alpha value is -3.15. The maximum atomic E-state index is 13.3. The number of furan rings is 1. The number of hydrogen-bond acceptors (Lipinski definition) is 5. The van der Waals surface area contributed by atoms with Gasteiger partial charge in [0, 0.05) is 18.2 Å². The Morgan fingerprint density at radius 1 is 1.14 bits per heavy atom. The van der Waals surface area contributed by atoms with Crippen molar-refractivity contribution in [1.82, 2.24) is 14.9 Å². The number of rotatable bonds is 4. The lowest BCUT2D eigenvalue weighted by molar-refractivity contribution is 0.0660. The normalized spacial score (nSPS) is 23.2. The number of carbonyl (C=O) groups excluding carboxylic acids is 1. The van der Waals surface area contributed by atoms with E-state index in [0.717, 1.165) is 42.0 Å². The van der Waals surface area contributed by atoms with Crippen molar-refractivity contribution < 1.29 is 9.21 Å². The van der Waals surface area contributed by atoms with Crippen LogP contribution in [0.15, 0.2) is 59.5 Å². The number of likely N-dealkylation sites (tertiary alicyclic amines) is 1. The van der Waals surface area contributed by atoms with Crippen LogP contribution < -0.4 is 5.32 Å². The predicted molar refractivity (Wildman–Crippen MR) is 106 cm³/mol. The van der Waals surface area contributed by atoms with Gasteiger partial charge >= 0.3 is 0 Å². The van der Waals surface area contributed by atoms with Gasteiger partial charge in [0.15, 0.2) is 5.76 Å². The second kappa shape index (κ2) is 6.78. The van der Waals surface area contributed by atoms with Gasteiger partial charge in [0.2, 0.25) is 0 Å². The van der Waals surface area contributed by atoms with E-state index in [9.17, 15) is 4.79 Å². The zero-order valence-electron chi connectivity index (χ0n) is 15.7. The fourth-order valence-electron chi connectivity index (χ4n) is 4.52. The molecule has 5 rings (SSSR count). The molecule has 3 heterocycles. The smallest absolute Gasteiger partial charge is 0.290 e. The molecule has 0 radical (unpaired) electrons. The van der Waals surface area contributed by atoms with Crippen molar-refractivity contribution in [3.05, 3.63) is 66.5 Å². The predicted octanol–water partition coefficient (Wildman–Crippen LogP) is 3.76. The van der Waals surface area contributed by atoms with Gasteiger partial charge in [-0.05, 0) is 37.3 Å². The summed E-state index contributed by atoms with van der Waals surface area (Å²) < 4.78 is 5.63. The van der Waals surface area contributed by atoms with E-state index in [1.165, 1.54) is 0 Å². The number of benzene rings is 1. The number of hydrogen-bond donors (Lipinski definition) is 1. The molecule has 2 fully saturated rings. The van der Waals surface area contributed by atoms with Crippen molar-refractivity contribution in [2.45, 2.75) is 31.8 Å². The Kier molecular flexibility index (Phi) is 4.11. The fraction of sp³-hybridized carbons (Fsp3) is 0.318. The molecule has 3 aromatic rings. The van der Waals surface area contributed by atoms with Crippen LogP contribution in [-0.2, 0) is 0 Å². The molecule has 2 aliphatic rings. The molecule has 6 heteroatoms. The van der Waals surface area contributed by atoms with Gasteiger partial charge in [-0.2, -0.15) is 0 Å². The lowest BCUT2D eigenvalue weighted by Crippen LogP contribution is -2.47. The Bertz CT molecular complexity index is 983. The minimum absolute atomic E-state index is 0.0298. The van der Waals surface area contributed by atoms with E-state index in [2.05, 4.69) is 15.3 Å². The van der Waals surface area contributed by atoms with E-state index in [4.69, 9.17) is 4.42 Å². The summed E-state index contributed by atoms with van der Waals surface area (Å²) in [7, 11) is 0. The number of anilines is 1. The molecule has 0 spiro atoms. The van der Waals surface area contributed by atoms with Gasteiger partial charge in [0.25, 0.3) is 5.91 Å². The topological polar surface area (TPSA) is 71.3 Å². The van der Waals surface area contributed by atoms with Crippen LogP contribution in [0.3, 0.4) is 0 Å². The molecule has 2 unspecified atom stereocenters. The van der Waals surface area contributed by atoms with Crippen LogP contribution >= 0.6 is 0 Å². The van der Waals surface area contributed by atoms with Gasteiger partial charge in [-0.25, -0.2) is 4.98 Å². The first-order valence-electron chi connectivity index (χ1n) is 9.68. The highest BCUT2D eigenvalue weighted by Gasteiger charge is 2.48. The summed E-state index contributed by atoms with van der Waals surface area (Å²) in [5.41, 5.74) is 2.73. The third-order valence-electron chi connectivity index (χ3n) is 5.80. The molecule has 2 bridgehead atoms. The van der Waals surface area contributed by atoms with E-state index < -0.39 is 0 Å². The molecule has 3 atom stereocenters. The third-order valence-corrected chi connectivity index (χ3v) is 5.80. The van der Waals surface area contributed by atoms with Crippen LogP contribution in [0.25, 0.3) is 11.1 Å². The SMILES string of the molecule is Cc1cnc(N[C@H]2CC3CC2N(C(=O)c2occc2-c2ccccc2)C3)cn1. The summed E-state index contributed by atoms with van der Waals surface area (Å²) >= 11 is 0. The summed E-state index contributed by atoms with van der Waals surface area (Å²) in [4.78, 5) is 24.0. The molecular weight excluding hydrogens is 352 g/mol. The Labute approximate surface area is 163 Å². The molecule has 6 nitrogen and oxygen atoms in total. The standard InChI is InChI=1S/C22H22N4O2/c1-14-11-24-20(12-23-14)25-18-9-15-10-19(18)26(13-15)22(27)21-17(7-8-28-21)16-5-3-2-4-6-16/h2-8,11-12,15,18-19H,9-10,13H2,1H3,(H,24,25)/t15?,18-,19?/m0/s1. The van der Waals surface area contributed by atoms with Crippen molar-refractivity contribution in [3.8, 4) is 11.1 Å². The van der Waals surface area contributed by atoms with Gasteiger partial charge < -0.3 is 14.6 Å². The van der Waals surface area contributed by atoms with Gasteiger partial charge in [-0.1, -0.05) is 30.3 Å². The van der Waals surface area contributed by atoms with Crippen LogP contribution in [0, 0.1) is 12.8 Å². The number of carbonyl (C=O) groups is 1. The third kappa shape index (κ3) is 2.95. The van der Waals surface area contributed by atoms with Gasteiger partial charge in [0.1, 0.15) is 5.82 Å². The second-order valence-corrected chi connectivity index (χ2v) is 7.69. The Balaban J connectivity index is 1.37. The van der Waals surface area contributed by atoms with Crippen LogP contribution in [0.2, 0.25) is 0 Å². The Morgan fingerprint density at radius 3 is 2.75 bits per heavy atom. The van der Waals surface area contributed by atoms with Crippen LogP contribution in [0.1, 0.15) is 29.1 Å². The summed E-state index contributed by atoms with van der Waals surface area (Å²) in [6.45, 7) is 2.71. The van der Waals surface area contributed by atoms with Gasteiger partial charge in [-0.3, -0.25) is 9.78 Å². The van der Waals surface area contributed by atoms with E-state index in [1.807, 2.05) is 48.2 Å². The van der Waals surface area contributed by atoms with Crippen LogP contribution in [0.5, 0.6) is 0 Å².